The van der Waals surface area contributed by atoms with E-state index < -0.39 is 0 Å². The topological polar surface area (TPSA) is 0 Å². The minimum absolute atomic E-state index is 0.243. The second-order valence-electron chi connectivity index (χ2n) is 2.08. The molecule has 1 aromatic carbocycles. The Kier molecular flexibility index (Phi) is 2.57. The van der Waals surface area contributed by atoms with Gasteiger partial charge >= 0.3 is 0 Å². The fourth-order valence-corrected chi connectivity index (χ4v) is 1.57. The van der Waals surface area contributed by atoms with E-state index in [0.717, 1.165) is 9.13 Å². The van der Waals surface area contributed by atoms with Crippen molar-refractivity contribution in [2.75, 3.05) is 0 Å². The van der Waals surface area contributed by atoms with Gasteiger partial charge in [-0.3, -0.25) is 0 Å². The number of hydrogen-bond donors (Lipinski definition) is 1. The number of benzene rings is 1. The summed E-state index contributed by atoms with van der Waals surface area (Å²) in [6, 6.07) is 3.37. The number of halogens is 2. The molecule has 54 valence electrons. The molecule has 1 aromatic rings. The molecule has 3 heteroatoms. The van der Waals surface area contributed by atoms with Crippen LogP contribution >= 0.6 is 35.2 Å². The highest BCUT2D eigenvalue weighted by atomic mass is 127. The quantitative estimate of drug-likeness (QED) is 0.542. The maximum atomic E-state index is 12.8. The molecular formula is C7H6FIS. The second-order valence-corrected chi connectivity index (χ2v) is 3.69. The maximum Gasteiger partial charge on any atom is 0.137 e. The first kappa shape index (κ1) is 8.33. The van der Waals surface area contributed by atoms with Crippen molar-refractivity contribution in [2.24, 2.45) is 0 Å². The molecule has 0 nitrogen and oxygen atoms in total. The van der Waals surface area contributed by atoms with Gasteiger partial charge in [0.05, 0.1) is 4.90 Å². The smallest absolute Gasteiger partial charge is 0.137 e. The van der Waals surface area contributed by atoms with Gasteiger partial charge in [-0.15, -0.1) is 12.6 Å². The lowest BCUT2D eigenvalue weighted by Gasteiger charge is -1.99. The van der Waals surface area contributed by atoms with E-state index in [-0.39, 0.29) is 5.82 Å². The van der Waals surface area contributed by atoms with Crippen LogP contribution < -0.4 is 0 Å². The van der Waals surface area contributed by atoms with E-state index >= 15 is 0 Å². The first-order valence-corrected chi connectivity index (χ1v) is 4.28. The highest BCUT2D eigenvalue weighted by Gasteiger charge is 2.01. The van der Waals surface area contributed by atoms with Gasteiger partial charge < -0.3 is 0 Å². The van der Waals surface area contributed by atoms with Crippen LogP contribution in [0.2, 0.25) is 0 Å². The third-order valence-corrected chi connectivity index (χ3v) is 2.89. The van der Waals surface area contributed by atoms with Gasteiger partial charge in [0.1, 0.15) is 5.82 Å². The summed E-state index contributed by atoms with van der Waals surface area (Å²) in [4.78, 5) is 0.436. The molecule has 0 aliphatic rings. The lowest BCUT2D eigenvalue weighted by atomic mass is 10.2. The molecule has 0 aliphatic heterocycles. The predicted molar refractivity (Wildman–Crippen MR) is 51.1 cm³/mol. The molecule has 0 radical (unpaired) electrons. The van der Waals surface area contributed by atoms with Gasteiger partial charge in [0.15, 0.2) is 0 Å². The van der Waals surface area contributed by atoms with Crippen molar-refractivity contribution in [2.45, 2.75) is 11.8 Å². The van der Waals surface area contributed by atoms with E-state index in [1.54, 1.807) is 0 Å². The van der Waals surface area contributed by atoms with E-state index in [1.807, 2.05) is 13.0 Å². The average molecular weight is 268 g/mol. The van der Waals surface area contributed by atoms with E-state index in [2.05, 4.69) is 35.2 Å². The summed E-state index contributed by atoms with van der Waals surface area (Å²) in [7, 11) is 0. The van der Waals surface area contributed by atoms with Crippen LogP contribution in [-0.2, 0) is 0 Å². The number of hydrogen-bond acceptors (Lipinski definition) is 1. The highest BCUT2D eigenvalue weighted by molar-refractivity contribution is 14.1. The summed E-state index contributed by atoms with van der Waals surface area (Å²) < 4.78 is 13.6. The molecule has 0 saturated carbocycles. The molecule has 0 aliphatic carbocycles. The molecule has 0 N–H and O–H groups in total. The summed E-state index contributed by atoms with van der Waals surface area (Å²) in [5.74, 6) is -0.243. The van der Waals surface area contributed by atoms with Crippen molar-refractivity contribution >= 4 is 35.2 Å². The van der Waals surface area contributed by atoms with Crippen molar-refractivity contribution < 1.29 is 4.39 Å². The highest BCUT2D eigenvalue weighted by Crippen LogP contribution is 2.21. The Hall–Kier alpha value is 0.230. The SMILES string of the molecule is Cc1cc(F)c(S)c(I)c1. The van der Waals surface area contributed by atoms with Gasteiger partial charge in [-0.1, -0.05) is 0 Å². The van der Waals surface area contributed by atoms with E-state index in [9.17, 15) is 4.39 Å². The van der Waals surface area contributed by atoms with Gasteiger partial charge in [0.25, 0.3) is 0 Å². The number of thiol groups is 1. The van der Waals surface area contributed by atoms with Gasteiger partial charge in [-0.05, 0) is 47.2 Å². The van der Waals surface area contributed by atoms with Crippen molar-refractivity contribution in [1.82, 2.24) is 0 Å². The van der Waals surface area contributed by atoms with Crippen LogP contribution in [-0.4, -0.2) is 0 Å². The van der Waals surface area contributed by atoms with E-state index in [4.69, 9.17) is 0 Å². The molecule has 0 heterocycles. The Labute approximate surface area is 78.4 Å². The van der Waals surface area contributed by atoms with Crippen LogP contribution in [0.4, 0.5) is 4.39 Å². The molecule has 0 saturated heterocycles. The van der Waals surface area contributed by atoms with Crippen LogP contribution in [0.25, 0.3) is 0 Å². The normalized spacial score (nSPS) is 10.0. The van der Waals surface area contributed by atoms with E-state index in [1.165, 1.54) is 6.07 Å². The standard InChI is InChI=1S/C7H6FIS/c1-4-2-5(8)7(10)6(9)3-4/h2-3,10H,1H3. The molecule has 0 amide bonds. The summed E-state index contributed by atoms with van der Waals surface area (Å²) in [6.07, 6.45) is 0. The number of rotatable bonds is 0. The molecule has 0 atom stereocenters. The Bertz CT molecular complexity index is 237. The van der Waals surface area contributed by atoms with E-state index in [0.29, 0.717) is 4.90 Å². The average Bonchev–Trinajstić information content (AvgIpc) is 1.82. The summed E-state index contributed by atoms with van der Waals surface area (Å²) in [5, 5.41) is 0. The van der Waals surface area contributed by atoms with Crippen LogP contribution in [0.15, 0.2) is 17.0 Å². The van der Waals surface area contributed by atoms with Gasteiger partial charge in [-0.2, -0.15) is 0 Å². The lowest BCUT2D eigenvalue weighted by Crippen LogP contribution is -1.84. The summed E-state index contributed by atoms with van der Waals surface area (Å²) in [5.41, 5.74) is 0.930. The third-order valence-electron chi connectivity index (χ3n) is 1.16. The molecular weight excluding hydrogens is 262 g/mol. The Morgan fingerprint density at radius 2 is 2.10 bits per heavy atom. The monoisotopic (exact) mass is 268 g/mol. The zero-order valence-electron chi connectivity index (χ0n) is 5.36. The van der Waals surface area contributed by atoms with Crippen LogP contribution in [0, 0.1) is 16.3 Å². The fraction of sp³-hybridized carbons (Fsp3) is 0.143. The molecule has 0 fully saturated rings. The molecule has 0 aromatic heterocycles. The zero-order valence-corrected chi connectivity index (χ0v) is 8.41. The number of aryl methyl sites for hydroxylation is 1. The molecule has 0 spiro atoms. The Morgan fingerprint density at radius 1 is 1.50 bits per heavy atom. The molecule has 10 heavy (non-hydrogen) atoms. The minimum Gasteiger partial charge on any atom is -0.206 e. The van der Waals surface area contributed by atoms with Gasteiger partial charge in [0.2, 0.25) is 0 Å². The van der Waals surface area contributed by atoms with Crippen LogP contribution in [0.5, 0.6) is 0 Å². The van der Waals surface area contributed by atoms with Crippen LogP contribution in [0.1, 0.15) is 5.56 Å². The molecule has 1 rings (SSSR count). The second kappa shape index (κ2) is 3.09. The first-order chi connectivity index (χ1) is 4.61. The first-order valence-electron chi connectivity index (χ1n) is 2.76. The summed E-state index contributed by atoms with van der Waals surface area (Å²) in [6.45, 7) is 1.86. The maximum absolute atomic E-state index is 12.8. The lowest BCUT2D eigenvalue weighted by molar-refractivity contribution is 0.599. The Balaban J connectivity index is 3.31. The fourth-order valence-electron chi connectivity index (χ4n) is 0.692. The third kappa shape index (κ3) is 1.63. The molecule has 0 bridgehead atoms. The zero-order chi connectivity index (χ0) is 7.72. The van der Waals surface area contributed by atoms with Crippen LogP contribution in [0.3, 0.4) is 0 Å². The van der Waals surface area contributed by atoms with Crippen molar-refractivity contribution in [3.05, 3.63) is 27.1 Å². The largest absolute Gasteiger partial charge is 0.206 e. The van der Waals surface area contributed by atoms with Crippen molar-refractivity contribution in [3.63, 3.8) is 0 Å². The summed E-state index contributed by atoms with van der Waals surface area (Å²) >= 11 is 6.04. The van der Waals surface area contributed by atoms with Crippen molar-refractivity contribution in [1.29, 1.82) is 0 Å². The predicted octanol–water partition coefficient (Wildman–Crippen LogP) is 3.03. The van der Waals surface area contributed by atoms with Gasteiger partial charge in [0, 0.05) is 3.57 Å². The minimum atomic E-state index is -0.243. The molecule has 0 unspecified atom stereocenters. The van der Waals surface area contributed by atoms with Crippen molar-refractivity contribution in [3.8, 4) is 0 Å². The Morgan fingerprint density at radius 3 is 2.60 bits per heavy atom. The van der Waals surface area contributed by atoms with Gasteiger partial charge in [-0.25, -0.2) is 4.39 Å².